The summed E-state index contributed by atoms with van der Waals surface area (Å²) >= 11 is 0. The second-order valence-corrected chi connectivity index (χ2v) is 9.96. The summed E-state index contributed by atoms with van der Waals surface area (Å²) in [5.41, 5.74) is 1.98. The van der Waals surface area contributed by atoms with Crippen LogP contribution in [0.25, 0.3) is 11.2 Å². The van der Waals surface area contributed by atoms with Crippen molar-refractivity contribution >= 4 is 23.0 Å². The maximum Gasteiger partial charge on any atom is 0.410 e. The monoisotopic (exact) mass is 548 g/mol. The lowest BCUT2D eigenvalue weighted by Crippen LogP contribution is -2.41. The largest absolute Gasteiger partial charge is 0.440 e. The fraction of sp³-hybridized carbons (Fsp3) is 0.321. The third-order valence-corrected chi connectivity index (χ3v) is 7.75. The average molecular weight is 549 g/mol. The molecule has 4 heterocycles. The summed E-state index contributed by atoms with van der Waals surface area (Å²) in [5.74, 6) is -2.78. The molecule has 0 saturated carbocycles. The number of aromatic nitrogens is 4. The molecule has 1 aliphatic carbocycles. The Bertz CT molecular complexity index is 1660. The van der Waals surface area contributed by atoms with Crippen LogP contribution in [0.5, 0.6) is 0 Å². The normalized spacial score (nSPS) is 20.9. The lowest BCUT2D eigenvalue weighted by Gasteiger charge is -2.32. The number of hydrogen-bond acceptors (Lipinski definition) is 7. The lowest BCUT2D eigenvalue weighted by molar-refractivity contribution is 0.0473. The third-order valence-electron chi connectivity index (χ3n) is 7.75. The Morgan fingerprint density at radius 2 is 1.80 bits per heavy atom. The summed E-state index contributed by atoms with van der Waals surface area (Å²) in [6.07, 6.45) is 3.42. The highest BCUT2D eigenvalue weighted by atomic mass is 19.2. The Kier molecular flexibility index (Phi) is 6.74. The van der Waals surface area contributed by atoms with Crippen molar-refractivity contribution in [1.29, 1.82) is 0 Å². The maximum absolute atomic E-state index is 14.8. The first-order valence-corrected chi connectivity index (χ1v) is 13.1. The molecule has 10 nitrogen and oxygen atoms in total. The van der Waals surface area contributed by atoms with Gasteiger partial charge in [-0.1, -0.05) is 17.3 Å². The van der Waals surface area contributed by atoms with Crippen LogP contribution in [0.4, 0.5) is 13.6 Å². The van der Waals surface area contributed by atoms with E-state index in [2.05, 4.69) is 20.1 Å². The molecule has 206 valence electrons. The molecule has 0 spiro atoms. The van der Waals surface area contributed by atoms with Crippen LogP contribution in [0.1, 0.15) is 60.6 Å². The number of nitrogens with one attached hydrogen (secondary N) is 1. The van der Waals surface area contributed by atoms with Gasteiger partial charge in [0.25, 0.3) is 0 Å². The molecule has 4 aromatic rings. The SMILES string of the molecule is O=C(OC1CC[C@@H](c2cccc(F)c2F)/C(=N/O)c2cccnc21)N1CCC(n2c(=O)[nH]c3ncccc32)CC1. The van der Waals surface area contributed by atoms with Gasteiger partial charge < -0.3 is 14.8 Å². The Balaban J connectivity index is 1.20. The van der Waals surface area contributed by atoms with Gasteiger partial charge >= 0.3 is 11.8 Å². The molecule has 40 heavy (non-hydrogen) atoms. The van der Waals surface area contributed by atoms with Crippen molar-refractivity contribution in [3.8, 4) is 0 Å². The van der Waals surface area contributed by atoms with Crippen LogP contribution >= 0.6 is 0 Å². The van der Waals surface area contributed by atoms with Gasteiger partial charge in [0.2, 0.25) is 0 Å². The summed E-state index contributed by atoms with van der Waals surface area (Å²) in [5, 5.41) is 13.4. The number of oxime groups is 1. The first-order valence-electron chi connectivity index (χ1n) is 13.1. The van der Waals surface area contributed by atoms with Crippen molar-refractivity contribution in [1.82, 2.24) is 24.4 Å². The number of aromatic amines is 1. The van der Waals surface area contributed by atoms with Gasteiger partial charge in [0.1, 0.15) is 6.10 Å². The Morgan fingerprint density at radius 3 is 2.60 bits per heavy atom. The van der Waals surface area contributed by atoms with Gasteiger partial charge in [-0.2, -0.15) is 0 Å². The fourth-order valence-electron chi connectivity index (χ4n) is 5.82. The number of halogens is 2. The standard InChI is InChI=1S/C28H26F2N6O4/c29-20-6-1-4-17(23(20)30)18-8-9-22(25-19(24(18)34-39)5-2-12-31-25)40-28(38)35-14-10-16(11-15-35)36-21-7-3-13-32-26(21)33-27(36)37/h1-7,12-13,16,18,22,39H,8-11,14-15H2,(H,32,33,37)/b34-24-/t18-,22?/m0/s1. The topological polar surface area (TPSA) is 126 Å². The summed E-state index contributed by atoms with van der Waals surface area (Å²) in [6, 6.07) is 10.7. The third kappa shape index (κ3) is 4.48. The Hall–Kier alpha value is -4.61. The minimum atomic E-state index is -1.01. The van der Waals surface area contributed by atoms with Gasteiger partial charge in [-0.15, -0.1) is 0 Å². The van der Waals surface area contributed by atoms with Crippen molar-refractivity contribution in [2.24, 2.45) is 5.16 Å². The van der Waals surface area contributed by atoms with E-state index in [1.54, 1.807) is 33.9 Å². The first kappa shape index (κ1) is 25.7. The number of rotatable bonds is 3. The number of carbonyl (C=O) groups excluding carboxylic acids is 1. The number of H-pyrrole nitrogens is 1. The Labute approximate surface area is 226 Å². The van der Waals surface area contributed by atoms with Crippen LogP contribution < -0.4 is 5.69 Å². The highest BCUT2D eigenvalue weighted by molar-refractivity contribution is 6.06. The number of ether oxygens (including phenoxy) is 1. The molecule has 1 fully saturated rings. The molecule has 2 aliphatic rings. The van der Waals surface area contributed by atoms with Crippen LogP contribution in [0, 0.1) is 11.6 Å². The molecule has 6 rings (SSSR count). The van der Waals surface area contributed by atoms with E-state index in [4.69, 9.17) is 4.74 Å². The van der Waals surface area contributed by atoms with Crippen LogP contribution in [0.2, 0.25) is 0 Å². The van der Waals surface area contributed by atoms with Crippen LogP contribution in [-0.2, 0) is 4.74 Å². The molecule has 1 unspecified atom stereocenters. The smallest absolute Gasteiger partial charge is 0.410 e. The molecule has 2 N–H and O–H groups in total. The van der Waals surface area contributed by atoms with Crippen molar-refractivity contribution < 1.29 is 23.5 Å². The van der Waals surface area contributed by atoms with Crippen molar-refractivity contribution in [3.05, 3.63) is 93.8 Å². The zero-order valence-corrected chi connectivity index (χ0v) is 21.3. The van der Waals surface area contributed by atoms with E-state index in [9.17, 15) is 23.6 Å². The number of likely N-dealkylation sites (tertiary alicyclic amines) is 1. The zero-order valence-electron chi connectivity index (χ0n) is 21.3. The van der Waals surface area contributed by atoms with Crippen molar-refractivity contribution in [3.63, 3.8) is 0 Å². The van der Waals surface area contributed by atoms with E-state index in [-0.39, 0.29) is 35.8 Å². The van der Waals surface area contributed by atoms with E-state index in [1.807, 2.05) is 6.07 Å². The van der Waals surface area contributed by atoms with Gasteiger partial charge in [-0.3, -0.25) is 14.5 Å². The molecular formula is C28H26F2N6O4. The molecule has 2 atom stereocenters. The van der Waals surface area contributed by atoms with Crippen molar-refractivity contribution in [2.45, 2.75) is 43.7 Å². The minimum Gasteiger partial charge on any atom is -0.440 e. The zero-order chi connectivity index (χ0) is 27.8. The number of fused-ring (bicyclic) bond motifs is 2. The van der Waals surface area contributed by atoms with E-state index < -0.39 is 29.7 Å². The van der Waals surface area contributed by atoms with Gasteiger partial charge in [-0.05, 0) is 56.0 Å². The summed E-state index contributed by atoms with van der Waals surface area (Å²) < 4.78 is 36.4. The second kappa shape index (κ2) is 10.5. The summed E-state index contributed by atoms with van der Waals surface area (Å²) in [6.45, 7) is 0.760. The fourth-order valence-corrected chi connectivity index (χ4v) is 5.82. The van der Waals surface area contributed by atoms with Gasteiger partial charge in [-0.25, -0.2) is 23.4 Å². The van der Waals surface area contributed by atoms with Crippen LogP contribution in [0.3, 0.4) is 0 Å². The predicted molar refractivity (Wildman–Crippen MR) is 140 cm³/mol. The Morgan fingerprint density at radius 1 is 1.02 bits per heavy atom. The number of carbonyl (C=O) groups is 1. The van der Waals surface area contributed by atoms with E-state index in [0.29, 0.717) is 42.8 Å². The molecule has 0 radical (unpaired) electrons. The highest BCUT2D eigenvalue weighted by Crippen LogP contribution is 2.39. The first-order chi connectivity index (χ1) is 19.5. The molecule has 1 aromatic carbocycles. The molecule has 12 heteroatoms. The van der Waals surface area contributed by atoms with Gasteiger partial charge in [0, 0.05) is 48.6 Å². The average Bonchev–Trinajstić information content (AvgIpc) is 3.23. The van der Waals surface area contributed by atoms with Gasteiger partial charge in [0.15, 0.2) is 17.3 Å². The van der Waals surface area contributed by atoms with Gasteiger partial charge in [0.05, 0.1) is 16.9 Å². The molecule has 1 amide bonds. The lowest BCUT2D eigenvalue weighted by atomic mass is 9.88. The van der Waals surface area contributed by atoms with E-state index >= 15 is 0 Å². The quantitative estimate of drug-likeness (QED) is 0.218. The van der Waals surface area contributed by atoms with Crippen molar-refractivity contribution in [2.75, 3.05) is 13.1 Å². The number of piperidine rings is 1. The molecule has 0 bridgehead atoms. The number of hydrogen-bond donors (Lipinski definition) is 2. The molecule has 1 aliphatic heterocycles. The number of nitrogens with zero attached hydrogens (tertiary/aromatic N) is 5. The number of pyridine rings is 2. The number of amides is 1. The molecule has 1 saturated heterocycles. The highest BCUT2D eigenvalue weighted by Gasteiger charge is 2.36. The summed E-state index contributed by atoms with van der Waals surface area (Å²) in [4.78, 5) is 38.8. The van der Waals surface area contributed by atoms with E-state index in [0.717, 1.165) is 11.6 Å². The second-order valence-electron chi connectivity index (χ2n) is 9.96. The van der Waals surface area contributed by atoms with E-state index in [1.165, 1.54) is 18.3 Å². The molecular weight excluding hydrogens is 522 g/mol. The predicted octanol–water partition coefficient (Wildman–Crippen LogP) is 4.67. The summed E-state index contributed by atoms with van der Waals surface area (Å²) in [7, 11) is 0. The maximum atomic E-state index is 14.8. The number of benzene rings is 1. The molecule has 3 aromatic heterocycles. The van der Waals surface area contributed by atoms with Crippen LogP contribution in [-0.4, -0.2) is 54.5 Å². The minimum absolute atomic E-state index is 0.0550. The van der Waals surface area contributed by atoms with Crippen LogP contribution in [0.15, 0.2) is 64.8 Å². The number of imidazole rings is 1.